The lowest BCUT2D eigenvalue weighted by atomic mass is 10.1. The molecular weight excluding hydrogens is 392 g/mol. The van der Waals surface area contributed by atoms with Crippen LogP contribution in [-0.2, 0) is 16.9 Å². The summed E-state index contributed by atoms with van der Waals surface area (Å²) >= 11 is 0. The number of anilines is 1. The number of carbonyl (C=O) groups is 1. The number of carbonyl (C=O) groups excluding carboxylic acids is 1. The van der Waals surface area contributed by atoms with Crippen LogP contribution in [0, 0.1) is 0 Å². The first-order chi connectivity index (χ1) is 13.7. The molecule has 1 atom stereocenters. The van der Waals surface area contributed by atoms with Gasteiger partial charge in [0.25, 0.3) is 0 Å². The Balaban J connectivity index is 1.73. The second-order valence-corrected chi connectivity index (χ2v) is 8.78. The molecule has 0 radical (unpaired) electrons. The summed E-state index contributed by atoms with van der Waals surface area (Å²) in [6.45, 7) is 1.87. The smallest absolute Gasteiger partial charge is 0.321 e. The number of benzene rings is 2. The molecule has 2 aromatic carbocycles. The van der Waals surface area contributed by atoms with Crippen molar-refractivity contribution in [2.45, 2.75) is 17.9 Å². The number of urea groups is 1. The summed E-state index contributed by atoms with van der Waals surface area (Å²) in [6, 6.07) is 13.2. The standard InChI is InChI=1S/C19H22N6O3S/c1-13(14-8-10-17(11-9-14)29(4,27)28)24(2)19(26)20-16-7-5-6-15(12-16)18-21-22-23-25(18)3/h5-13H,1-4H3,(H,20,26). The number of rotatable bonds is 5. The van der Waals surface area contributed by atoms with E-state index in [-0.39, 0.29) is 17.0 Å². The Labute approximate surface area is 169 Å². The first kappa shape index (κ1) is 20.5. The zero-order valence-corrected chi connectivity index (χ0v) is 17.4. The van der Waals surface area contributed by atoms with Crippen molar-refractivity contribution in [1.29, 1.82) is 0 Å². The molecule has 0 fully saturated rings. The van der Waals surface area contributed by atoms with Crippen molar-refractivity contribution < 1.29 is 13.2 Å². The normalized spacial score (nSPS) is 12.4. The lowest BCUT2D eigenvalue weighted by Crippen LogP contribution is -2.33. The highest BCUT2D eigenvalue weighted by Crippen LogP contribution is 2.23. The van der Waals surface area contributed by atoms with E-state index in [1.807, 2.05) is 19.1 Å². The van der Waals surface area contributed by atoms with Gasteiger partial charge in [0.05, 0.1) is 10.9 Å². The number of sulfone groups is 1. The Morgan fingerprint density at radius 1 is 1.17 bits per heavy atom. The van der Waals surface area contributed by atoms with Crippen molar-refractivity contribution in [2.24, 2.45) is 7.05 Å². The van der Waals surface area contributed by atoms with E-state index in [9.17, 15) is 13.2 Å². The van der Waals surface area contributed by atoms with Crippen LogP contribution in [-0.4, -0.2) is 52.9 Å². The second-order valence-electron chi connectivity index (χ2n) is 6.77. The highest BCUT2D eigenvalue weighted by atomic mass is 32.2. The van der Waals surface area contributed by atoms with E-state index in [1.165, 1.54) is 0 Å². The molecule has 9 nitrogen and oxygen atoms in total. The fraction of sp³-hybridized carbons (Fsp3) is 0.263. The Bertz CT molecular complexity index is 1120. The van der Waals surface area contributed by atoms with Gasteiger partial charge in [-0.15, -0.1) is 5.10 Å². The predicted molar refractivity (Wildman–Crippen MR) is 109 cm³/mol. The number of nitrogens with zero attached hydrogens (tertiary/aromatic N) is 5. The highest BCUT2D eigenvalue weighted by molar-refractivity contribution is 7.90. The largest absolute Gasteiger partial charge is 0.322 e. The van der Waals surface area contributed by atoms with Crippen molar-refractivity contribution in [2.75, 3.05) is 18.6 Å². The summed E-state index contributed by atoms with van der Waals surface area (Å²) in [4.78, 5) is 14.5. The second kappa shape index (κ2) is 8.00. The number of aryl methyl sites for hydroxylation is 1. The minimum Gasteiger partial charge on any atom is -0.321 e. The van der Waals surface area contributed by atoms with Crippen LogP contribution in [0.1, 0.15) is 18.5 Å². The number of aromatic nitrogens is 4. The van der Waals surface area contributed by atoms with E-state index in [0.717, 1.165) is 17.4 Å². The average Bonchev–Trinajstić information content (AvgIpc) is 3.12. The maximum absolute atomic E-state index is 12.7. The fourth-order valence-electron chi connectivity index (χ4n) is 2.81. The van der Waals surface area contributed by atoms with E-state index >= 15 is 0 Å². The third-order valence-electron chi connectivity index (χ3n) is 4.68. The Kier molecular flexibility index (Phi) is 5.64. The summed E-state index contributed by atoms with van der Waals surface area (Å²) in [5, 5.41) is 14.3. The van der Waals surface area contributed by atoms with Gasteiger partial charge in [-0.1, -0.05) is 24.3 Å². The third kappa shape index (κ3) is 4.60. The predicted octanol–water partition coefficient (Wildman–Crippen LogP) is 2.51. The molecule has 1 unspecified atom stereocenters. The van der Waals surface area contributed by atoms with Gasteiger partial charge in [-0.05, 0) is 47.2 Å². The third-order valence-corrected chi connectivity index (χ3v) is 5.81. The van der Waals surface area contributed by atoms with Gasteiger partial charge in [-0.2, -0.15) is 0 Å². The highest BCUT2D eigenvalue weighted by Gasteiger charge is 2.18. The Morgan fingerprint density at radius 2 is 1.86 bits per heavy atom. The van der Waals surface area contributed by atoms with Gasteiger partial charge in [-0.3, -0.25) is 0 Å². The first-order valence-corrected chi connectivity index (χ1v) is 10.7. The molecule has 0 saturated carbocycles. The minimum absolute atomic E-state index is 0.246. The summed E-state index contributed by atoms with van der Waals surface area (Å²) in [7, 11) is 0.166. The Morgan fingerprint density at radius 3 is 2.45 bits per heavy atom. The van der Waals surface area contributed by atoms with Crippen LogP contribution in [0.5, 0.6) is 0 Å². The van der Waals surface area contributed by atoms with Crippen LogP contribution in [0.4, 0.5) is 10.5 Å². The summed E-state index contributed by atoms with van der Waals surface area (Å²) in [5.41, 5.74) is 2.22. The number of nitrogens with one attached hydrogen (secondary N) is 1. The topological polar surface area (TPSA) is 110 Å². The molecular formula is C19H22N6O3S. The van der Waals surface area contributed by atoms with Gasteiger partial charge in [-0.25, -0.2) is 17.9 Å². The molecule has 10 heteroatoms. The number of tetrazole rings is 1. The maximum atomic E-state index is 12.7. The van der Waals surface area contributed by atoms with Gasteiger partial charge in [0.2, 0.25) is 0 Å². The van der Waals surface area contributed by atoms with E-state index in [4.69, 9.17) is 0 Å². The number of hydrogen-bond donors (Lipinski definition) is 1. The van der Waals surface area contributed by atoms with Crippen LogP contribution in [0.25, 0.3) is 11.4 Å². The van der Waals surface area contributed by atoms with Crippen LogP contribution in [0.3, 0.4) is 0 Å². The molecule has 0 bridgehead atoms. The van der Waals surface area contributed by atoms with Crippen LogP contribution < -0.4 is 5.32 Å². The molecule has 0 aliphatic carbocycles. The summed E-state index contributed by atoms with van der Waals surface area (Å²) in [6.07, 6.45) is 1.16. The van der Waals surface area contributed by atoms with Gasteiger partial charge < -0.3 is 10.2 Å². The minimum atomic E-state index is -3.26. The maximum Gasteiger partial charge on any atom is 0.322 e. The lowest BCUT2D eigenvalue weighted by molar-refractivity contribution is 0.208. The van der Waals surface area contributed by atoms with Gasteiger partial charge in [0.15, 0.2) is 15.7 Å². The molecule has 0 aliphatic rings. The van der Waals surface area contributed by atoms with E-state index in [2.05, 4.69) is 20.8 Å². The van der Waals surface area contributed by atoms with Crippen molar-refractivity contribution >= 4 is 21.6 Å². The van der Waals surface area contributed by atoms with Crippen LogP contribution >= 0.6 is 0 Å². The average molecular weight is 414 g/mol. The van der Waals surface area contributed by atoms with Gasteiger partial charge in [0.1, 0.15) is 0 Å². The monoisotopic (exact) mass is 414 g/mol. The summed E-state index contributed by atoms with van der Waals surface area (Å²) < 4.78 is 24.8. The molecule has 2 amide bonds. The molecule has 0 aliphatic heterocycles. The zero-order valence-electron chi connectivity index (χ0n) is 16.6. The Hall–Kier alpha value is -3.27. The molecule has 1 heterocycles. The van der Waals surface area contributed by atoms with Crippen LogP contribution in [0.15, 0.2) is 53.4 Å². The molecule has 152 valence electrons. The molecule has 0 spiro atoms. The van der Waals surface area contributed by atoms with Crippen molar-refractivity contribution in [1.82, 2.24) is 25.1 Å². The van der Waals surface area contributed by atoms with Crippen LogP contribution in [0.2, 0.25) is 0 Å². The van der Waals surface area contributed by atoms with Crippen molar-refractivity contribution in [3.05, 3.63) is 54.1 Å². The molecule has 0 saturated heterocycles. The molecule has 3 aromatic rings. The van der Waals surface area contributed by atoms with Gasteiger partial charge in [0, 0.05) is 31.6 Å². The summed E-state index contributed by atoms with van der Waals surface area (Å²) in [5.74, 6) is 0.591. The lowest BCUT2D eigenvalue weighted by Gasteiger charge is -2.26. The SMILES string of the molecule is CC(c1ccc(S(C)(=O)=O)cc1)N(C)C(=O)Nc1cccc(-c2nnnn2C)c1. The fourth-order valence-corrected chi connectivity index (χ4v) is 3.45. The molecule has 3 rings (SSSR count). The van der Waals surface area contributed by atoms with Crippen molar-refractivity contribution in [3.8, 4) is 11.4 Å². The first-order valence-electron chi connectivity index (χ1n) is 8.83. The molecule has 1 aromatic heterocycles. The number of amides is 2. The van der Waals surface area contributed by atoms with Crippen molar-refractivity contribution in [3.63, 3.8) is 0 Å². The number of hydrogen-bond acceptors (Lipinski definition) is 6. The van der Waals surface area contributed by atoms with Gasteiger partial charge >= 0.3 is 6.03 Å². The molecule has 1 N–H and O–H groups in total. The molecule has 29 heavy (non-hydrogen) atoms. The van der Waals surface area contributed by atoms with E-state index in [0.29, 0.717) is 11.5 Å². The van der Waals surface area contributed by atoms with E-state index < -0.39 is 9.84 Å². The quantitative estimate of drug-likeness (QED) is 0.687. The van der Waals surface area contributed by atoms with E-state index in [1.54, 1.807) is 60.1 Å². The zero-order chi connectivity index (χ0) is 21.2.